The van der Waals surface area contributed by atoms with Crippen molar-refractivity contribution in [3.63, 3.8) is 0 Å². The molecule has 0 fully saturated rings. The van der Waals surface area contributed by atoms with Crippen molar-refractivity contribution in [2.24, 2.45) is 0 Å². The van der Waals surface area contributed by atoms with Crippen molar-refractivity contribution in [3.05, 3.63) is 65.2 Å². The summed E-state index contributed by atoms with van der Waals surface area (Å²) in [5.74, 6) is 0. The molecule has 0 spiro atoms. The van der Waals surface area contributed by atoms with Gasteiger partial charge < -0.3 is 0 Å². The largest absolute Gasteiger partial charge is 0.0836 e. The van der Waals surface area contributed by atoms with Crippen molar-refractivity contribution in [2.45, 2.75) is 33.6 Å². The first-order valence-corrected chi connectivity index (χ1v) is 7.95. The Balaban J connectivity index is 0.000000636. The van der Waals surface area contributed by atoms with Gasteiger partial charge in [0.2, 0.25) is 0 Å². The third-order valence-electron chi connectivity index (χ3n) is 4.18. The highest BCUT2D eigenvalue weighted by Crippen LogP contribution is 2.36. The predicted octanol–water partition coefficient (Wildman–Crippen LogP) is 6.29. The molecule has 3 aromatic carbocycles. The van der Waals surface area contributed by atoms with Gasteiger partial charge >= 0.3 is 0 Å². The molecule has 0 saturated carbocycles. The minimum Gasteiger partial charge on any atom is -0.0836 e. The second kappa shape index (κ2) is 5.73. The molecule has 0 amide bonds. The van der Waals surface area contributed by atoms with Crippen LogP contribution in [-0.4, -0.2) is 0 Å². The van der Waals surface area contributed by atoms with Gasteiger partial charge in [0.1, 0.15) is 0 Å². The van der Waals surface area contributed by atoms with Crippen molar-refractivity contribution in [3.8, 4) is 0 Å². The van der Waals surface area contributed by atoms with Gasteiger partial charge in [-0.2, -0.15) is 0 Å². The van der Waals surface area contributed by atoms with Crippen LogP contribution in [-0.2, 0) is 6.42 Å². The lowest BCUT2D eigenvalue weighted by Crippen LogP contribution is -1.97. The van der Waals surface area contributed by atoms with Crippen LogP contribution in [0, 0.1) is 6.92 Å². The van der Waals surface area contributed by atoms with Gasteiger partial charge in [0.25, 0.3) is 0 Å². The summed E-state index contributed by atoms with van der Waals surface area (Å²) >= 11 is 0. The average Bonchev–Trinajstić information content (AvgIpc) is 2.57. The van der Waals surface area contributed by atoms with Crippen LogP contribution >= 0.6 is 0 Å². The van der Waals surface area contributed by atoms with E-state index in [9.17, 15) is 0 Å². The van der Waals surface area contributed by atoms with Gasteiger partial charge in [-0.1, -0.05) is 74.0 Å². The smallest absolute Gasteiger partial charge is 0.00966 e. The summed E-state index contributed by atoms with van der Waals surface area (Å²) in [5.41, 5.74) is 4.28. The van der Waals surface area contributed by atoms with E-state index in [2.05, 4.69) is 61.5 Å². The van der Waals surface area contributed by atoms with E-state index in [1.807, 2.05) is 13.8 Å². The SMILES string of the molecule is CC.Cc1ccc2c3c(c4ccccc4c2c1)CCC=C3. The number of allylic oxidation sites excluding steroid dienone is 1. The maximum absolute atomic E-state index is 2.32. The van der Waals surface area contributed by atoms with Crippen LogP contribution in [0.2, 0.25) is 0 Å². The number of hydrogen-bond acceptors (Lipinski definition) is 0. The van der Waals surface area contributed by atoms with Crippen LogP contribution in [0.5, 0.6) is 0 Å². The molecule has 3 aromatic rings. The van der Waals surface area contributed by atoms with Crippen LogP contribution in [0.25, 0.3) is 27.6 Å². The van der Waals surface area contributed by atoms with Gasteiger partial charge in [-0.15, -0.1) is 0 Å². The molecule has 0 N–H and O–H groups in total. The zero-order chi connectivity index (χ0) is 14.8. The summed E-state index contributed by atoms with van der Waals surface area (Å²) in [6, 6.07) is 15.7. The molecule has 0 aromatic heterocycles. The minimum absolute atomic E-state index is 1.16. The number of benzene rings is 3. The fourth-order valence-corrected chi connectivity index (χ4v) is 3.29. The lowest BCUT2D eigenvalue weighted by Gasteiger charge is -2.18. The van der Waals surface area contributed by atoms with Crippen LogP contribution in [0.4, 0.5) is 0 Å². The third-order valence-corrected chi connectivity index (χ3v) is 4.18. The molecule has 0 aliphatic heterocycles. The average molecular weight is 274 g/mol. The van der Waals surface area contributed by atoms with E-state index < -0.39 is 0 Å². The van der Waals surface area contributed by atoms with E-state index in [4.69, 9.17) is 0 Å². The summed E-state index contributed by atoms with van der Waals surface area (Å²) in [6.07, 6.45) is 6.93. The Kier molecular flexibility index (Phi) is 3.79. The zero-order valence-corrected chi connectivity index (χ0v) is 13.1. The summed E-state index contributed by atoms with van der Waals surface area (Å²) in [5, 5.41) is 5.62. The molecule has 0 unspecified atom stereocenters. The van der Waals surface area contributed by atoms with Crippen molar-refractivity contribution >= 4 is 27.6 Å². The maximum Gasteiger partial charge on any atom is -0.00966 e. The monoisotopic (exact) mass is 274 g/mol. The van der Waals surface area contributed by atoms with Crippen molar-refractivity contribution in [2.75, 3.05) is 0 Å². The van der Waals surface area contributed by atoms with E-state index in [1.54, 1.807) is 0 Å². The van der Waals surface area contributed by atoms with Crippen molar-refractivity contribution in [1.82, 2.24) is 0 Å². The van der Waals surface area contributed by atoms with Crippen molar-refractivity contribution < 1.29 is 0 Å². The molecule has 0 saturated heterocycles. The summed E-state index contributed by atoms with van der Waals surface area (Å²) in [6.45, 7) is 6.17. The summed E-state index contributed by atoms with van der Waals surface area (Å²) < 4.78 is 0. The van der Waals surface area contributed by atoms with E-state index in [-0.39, 0.29) is 0 Å². The standard InChI is InChI=1S/C19H16.C2H6/c1-13-10-11-18-16-8-3-2-6-14(16)15-7-4-5-9-17(15)19(18)12-13;1-2/h3-5,7-12H,2,6H2,1H3;1-2H3. The fourth-order valence-electron chi connectivity index (χ4n) is 3.29. The predicted molar refractivity (Wildman–Crippen MR) is 94.9 cm³/mol. The topological polar surface area (TPSA) is 0 Å². The highest BCUT2D eigenvalue weighted by atomic mass is 14.2. The summed E-state index contributed by atoms with van der Waals surface area (Å²) in [4.78, 5) is 0. The van der Waals surface area contributed by atoms with E-state index in [0.717, 1.165) is 12.8 Å². The Hall–Kier alpha value is -2.08. The van der Waals surface area contributed by atoms with Gasteiger partial charge in [0, 0.05) is 0 Å². The molecule has 106 valence electrons. The van der Waals surface area contributed by atoms with Crippen LogP contribution in [0.3, 0.4) is 0 Å². The minimum atomic E-state index is 1.16. The van der Waals surface area contributed by atoms with Crippen LogP contribution in [0.15, 0.2) is 48.5 Å². The lowest BCUT2D eigenvalue weighted by molar-refractivity contribution is 1.00. The molecule has 1 aliphatic rings. The van der Waals surface area contributed by atoms with Gasteiger partial charge in [-0.05, 0) is 52.4 Å². The number of aryl methyl sites for hydroxylation is 2. The molecule has 0 nitrogen and oxygen atoms in total. The summed E-state index contributed by atoms with van der Waals surface area (Å²) in [7, 11) is 0. The lowest BCUT2D eigenvalue weighted by atomic mass is 9.86. The van der Waals surface area contributed by atoms with E-state index in [0.29, 0.717) is 0 Å². The second-order valence-corrected chi connectivity index (χ2v) is 5.43. The quantitative estimate of drug-likeness (QED) is 0.423. The first-order chi connectivity index (χ1) is 10.3. The Labute approximate surface area is 127 Å². The number of hydrogen-bond donors (Lipinski definition) is 0. The second-order valence-electron chi connectivity index (χ2n) is 5.43. The van der Waals surface area contributed by atoms with E-state index in [1.165, 1.54) is 38.2 Å². The molecule has 0 radical (unpaired) electrons. The van der Waals surface area contributed by atoms with Crippen LogP contribution < -0.4 is 0 Å². The molecule has 21 heavy (non-hydrogen) atoms. The Morgan fingerprint density at radius 2 is 1.57 bits per heavy atom. The zero-order valence-electron chi connectivity index (χ0n) is 13.1. The first-order valence-electron chi connectivity index (χ1n) is 7.95. The van der Waals surface area contributed by atoms with Crippen molar-refractivity contribution in [1.29, 1.82) is 0 Å². The number of rotatable bonds is 0. The highest BCUT2D eigenvalue weighted by molar-refractivity contribution is 6.13. The van der Waals surface area contributed by atoms with Gasteiger partial charge in [0.05, 0.1) is 0 Å². The molecule has 1 aliphatic carbocycles. The molecule has 4 rings (SSSR count). The van der Waals surface area contributed by atoms with Gasteiger partial charge in [-0.25, -0.2) is 0 Å². The van der Waals surface area contributed by atoms with Gasteiger partial charge in [-0.3, -0.25) is 0 Å². The van der Waals surface area contributed by atoms with Gasteiger partial charge in [0.15, 0.2) is 0 Å². The molecule has 0 atom stereocenters. The fraction of sp³-hybridized carbons (Fsp3) is 0.238. The normalized spacial score (nSPS) is 12.9. The van der Waals surface area contributed by atoms with E-state index >= 15 is 0 Å². The molecule has 0 heterocycles. The molecule has 0 bridgehead atoms. The first kappa shape index (κ1) is 13.9. The number of fused-ring (bicyclic) bond motifs is 6. The Morgan fingerprint density at radius 3 is 2.38 bits per heavy atom. The molecular formula is C21H22. The third kappa shape index (κ3) is 2.25. The Bertz CT molecular complexity index is 822. The maximum atomic E-state index is 2.32. The molecule has 0 heteroatoms. The Morgan fingerprint density at radius 1 is 0.810 bits per heavy atom. The highest BCUT2D eigenvalue weighted by Gasteiger charge is 2.13. The molecular weight excluding hydrogens is 252 g/mol. The van der Waals surface area contributed by atoms with Crippen LogP contribution in [0.1, 0.15) is 37.0 Å².